The summed E-state index contributed by atoms with van der Waals surface area (Å²) in [5.41, 5.74) is 2.39. The zero-order valence-electron chi connectivity index (χ0n) is 19.3. The molecule has 0 fully saturated rings. The van der Waals surface area contributed by atoms with E-state index in [0.29, 0.717) is 43.1 Å². The SMILES string of the molecule is CCCN(CC(=O)N(Cc1ccc(F)cc1)Cc1sccc1C)C(=O)c1ccc2c(c1)OCO2. The standard InChI is InChI=1S/C26H27FN2O4S/c1-3-11-28(26(31)20-6-9-22-23(13-20)33-17-32-22)16-25(30)29(15-24-18(2)10-12-34-24)14-19-4-7-21(27)8-5-19/h4-10,12-13H,3,11,14-17H2,1-2H3. The van der Waals surface area contributed by atoms with Crippen LogP contribution in [0.2, 0.25) is 0 Å². The first-order valence-electron chi connectivity index (χ1n) is 11.2. The molecule has 1 aliphatic heterocycles. The number of ether oxygens (including phenoxy) is 2. The third-order valence-electron chi connectivity index (χ3n) is 5.67. The molecule has 0 bridgehead atoms. The molecule has 0 N–H and O–H groups in total. The predicted octanol–water partition coefficient (Wildman–Crippen LogP) is 5.01. The van der Waals surface area contributed by atoms with Gasteiger partial charge in [-0.25, -0.2) is 4.39 Å². The van der Waals surface area contributed by atoms with Crippen LogP contribution in [0.1, 0.15) is 39.7 Å². The Bertz CT molecular complexity index is 1160. The lowest BCUT2D eigenvalue weighted by atomic mass is 10.1. The molecule has 34 heavy (non-hydrogen) atoms. The van der Waals surface area contributed by atoms with E-state index >= 15 is 0 Å². The van der Waals surface area contributed by atoms with Gasteiger partial charge in [0.05, 0.1) is 6.54 Å². The molecule has 0 saturated heterocycles. The maximum Gasteiger partial charge on any atom is 0.254 e. The van der Waals surface area contributed by atoms with Crippen molar-refractivity contribution >= 4 is 23.2 Å². The van der Waals surface area contributed by atoms with E-state index in [0.717, 1.165) is 16.0 Å². The average molecular weight is 483 g/mol. The second kappa shape index (κ2) is 10.7. The Hall–Kier alpha value is -3.39. The number of carbonyl (C=O) groups excluding carboxylic acids is 2. The summed E-state index contributed by atoms with van der Waals surface area (Å²) in [7, 11) is 0. The Morgan fingerprint density at radius 2 is 1.76 bits per heavy atom. The number of nitrogens with zero attached hydrogens (tertiary/aromatic N) is 2. The molecule has 0 radical (unpaired) electrons. The Kier molecular flexibility index (Phi) is 7.47. The summed E-state index contributed by atoms with van der Waals surface area (Å²) >= 11 is 1.59. The number of rotatable bonds is 9. The van der Waals surface area contributed by atoms with Gasteiger partial charge in [0, 0.05) is 23.5 Å². The van der Waals surface area contributed by atoms with Crippen molar-refractivity contribution in [3.05, 3.63) is 81.3 Å². The fourth-order valence-corrected chi connectivity index (χ4v) is 4.70. The molecule has 178 valence electrons. The molecular weight excluding hydrogens is 455 g/mol. The first-order valence-corrected chi connectivity index (χ1v) is 12.1. The van der Waals surface area contributed by atoms with Gasteiger partial charge in [-0.15, -0.1) is 11.3 Å². The van der Waals surface area contributed by atoms with Crippen LogP contribution in [0.4, 0.5) is 4.39 Å². The van der Waals surface area contributed by atoms with Crippen molar-refractivity contribution < 1.29 is 23.5 Å². The van der Waals surface area contributed by atoms with Crippen LogP contribution in [-0.4, -0.2) is 41.5 Å². The second-order valence-corrected chi connectivity index (χ2v) is 9.20. The van der Waals surface area contributed by atoms with Gasteiger partial charge in [-0.05, 0) is 66.2 Å². The van der Waals surface area contributed by atoms with Crippen LogP contribution in [-0.2, 0) is 17.9 Å². The number of halogens is 1. The van der Waals surface area contributed by atoms with Gasteiger partial charge < -0.3 is 19.3 Å². The van der Waals surface area contributed by atoms with Crippen LogP contribution in [0.3, 0.4) is 0 Å². The van der Waals surface area contributed by atoms with E-state index in [4.69, 9.17) is 9.47 Å². The molecule has 4 rings (SSSR count). The zero-order chi connectivity index (χ0) is 24.1. The van der Waals surface area contributed by atoms with E-state index in [2.05, 4.69) is 0 Å². The summed E-state index contributed by atoms with van der Waals surface area (Å²) in [6.45, 7) is 5.26. The highest BCUT2D eigenvalue weighted by molar-refractivity contribution is 7.10. The predicted molar refractivity (Wildman–Crippen MR) is 128 cm³/mol. The molecule has 0 aliphatic carbocycles. The maximum absolute atomic E-state index is 13.5. The van der Waals surface area contributed by atoms with E-state index in [1.54, 1.807) is 51.5 Å². The van der Waals surface area contributed by atoms with E-state index in [9.17, 15) is 14.0 Å². The van der Waals surface area contributed by atoms with Gasteiger partial charge in [0.1, 0.15) is 12.4 Å². The number of hydrogen-bond acceptors (Lipinski definition) is 5. The van der Waals surface area contributed by atoms with Gasteiger partial charge in [0.25, 0.3) is 5.91 Å². The van der Waals surface area contributed by atoms with E-state index in [-0.39, 0.29) is 31.0 Å². The zero-order valence-corrected chi connectivity index (χ0v) is 20.1. The Morgan fingerprint density at radius 1 is 1.00 bits per heavy atom. The number of fused-ring (bicyclic) bond motifs is 1. The third-order valence-corrected chi connectivity index (χ3v) is 6.68. The molecule has 2 amide bonds. The molecule has 0 saturated carbocycles. The Balaban J connectivity index is 1.53. The molecule has 3 aromatic rings. The number of benzene rings is 2. The van der Waals surface area contributed by atoms with Crippen LogP contribution < -0.4 is 9.47 Å². The van der Waals surface area contributed by atoms with Crippen molar-refractivity contribution in [3.63, 3.8) is 0 Å². The van der Waals surface area contributed by atoms with Crippen LogP contribution in [0.15, 0.2) is 53.9 Å². The molecule has 0 unspecified atom stereocenters. The number of carbonyl (C=O) groups is 2. The lowest BCUT2D eigenvalue weighted by molar-refractivity contribution is -0.133. The quantitative estimate of drug-likeness (QED) is 0.430. The molecule has 1 aromatic heterocycles. The average Bonchev–Trinajstić information content (AvgIpc) is 3.47. The van der Waals surface area contributed by atoms with Crippen molar-refractivity contribution in [2.75, 3.05) is 19.9 Å². The molecule has 6 nitrogen and oxygen atoms in total. The van der Waals surface area contributed by atoms with Crippen LogP contribution in [0.25, 0.3) is 0 Å². The topological polar surface area (TPSA) is 59.1 Å². The lowest BCUT2D eigenvalue weighted by Crippen LogP contribution is -2.42. The van der Waals surface area contributed by atoms with Gasteiger partial charge in [-0.2, -0.15) is 0 Å². The number of aryl methyl sites for hydroxylation is 1. The molecule has 2 heterocycles. The normalized spacial score (nSPS) is 12.0. The Labute approximate surface area is 202 Å². The lowest BCUT2D eigenvalue weighted by Gasteiger charge is -2.28. The van der Waals surface area contributed by atoms with Gasteiger partial charge >= 0.3 is 0 Å². The molecule has 2 aromatic carbocycles. The van der Waals surface area contributed by atoms with Crippen LogP contribution in [0, 0.1) is 12.7 Å². The van der Waals surface area contributed by atoms with Crippen molar-refractivity contribution in [1.82, 2.24) is 9.80 Å². The van der Waals surface area contributed by atoms with Gasteiger partial charge in [0.2, 0.25) is 12.7 Å². The van der Waals surface area contributed by atoms with Crippen LogP contribution in [0.5, 0.6) is 11.5 Å². The van der Waals surface area contributed by atoms with Gasteiger partial charge in [-0.1, -0.05) is 19.1 Å². The van der Waals surface area contributed by atoms with Crippen LogP contribution >= 0.6 is 11.3 Å². The summed E-state index contributed by atoms with van der Waals surface area (Å²) < 4.78 is 24.1. The third kappa shape index (κ3) is 5.56. The summed E-state index contributed by atoms with van der Waals surface area (Å²) in [6.07, 6.45) is 0.714. The van der Waals surface area contributed by atoms with Gasteiger partial charge in [0.15, 0.2) is 11.5 Å². The minimum atomic E-state index is -0.320. The van der Waals surface area contributed by atoms with Gasteiger partial charge in [-0.3, -0.25) is 9.59 Å². The monoisotopic (exact) mass is 482 g/mol. The first kappa shape index (κ1) is 23.8. The fourth-order valence-electron chi connectivity index (χ4n) is 3.78. The van der Waals surface area contributed by atoms with Crippen molar-refractivity contribution in [2.45, 2.75) is 33.4 Å². The van der Waals surface area contributed by atoms with E-state index in [1.807, 2.05) is 25.3 Å². The van der Waals surface area contributed by atoms with E-state index in [1.165, 1.54) is 12.1 Å². The highest BCUT2D eigenvalue weighted by Gasteiger charge is 2.24. The Morgan fingerprint density at radius 3 is 2.47 bits per heavy atom. The molecule has 8 heteroatoms. The summed E-state index contributed by atoms with van der Waals surface area (Å²) in [5, 5.41) is 2.00. The largest absolute Gasteiger partial charge is 0.454 e. The summed E-state index contributed by atoms with van der Waals surface area (Å²) in [5.74, 6) is 0.410. The minimum Gasteiger partial charge on any atom is -0.454 e. The molecular formula is C26H27FN2O4S. The number of amides is 2. The minimum absolute atomic E-state index is 0.0489. The maximum atomic E-state index is 13.5. The molecule has 1 aliphatic rings. The first-order chi connectivity index (χ1) is 16.4. The van der Waals surface area contributed by atoms with E-state index < -0.39 is 0 Å². The summed E-state index contributed by atoms with van der Waals surface area (Å²) in [6, 6.07) is 13.2. The second-order valence-electron chi connectivity index (χ2n) is 8.20. The highest BCUT2D eigenvalue weighted by Crippen LogP contribution is 2.33. The molecule has 0 atom stereocenters. The van der Waals surface area contributed by atoms with Crippen molar-refractivity contribution in [3.8, 4) is 11.5 Å². The smallest absolute Gasteiger partial charge is 0.254 e. The van der Waals surface area contributed by atoms with Crippen molar-refractivity contribution in [1.29, 1.82) is 0 Å². The van der Waals surface area contributed by atoms with Crippen molar-refractivity contribution in [2.24, 2.45) is 0 Å². The molecule has 0 spiro atoms. The number of thiophene rings is 1. The fraction of sp³-hybridized carbons (Fsp3) is 0.308. The number of hydrogen-bond donors (Lipinski definition) is 0. The highest BCUT2D eigenvalue weighted by atomic mass is 32.1. The summed E-state index contributed by atoms with van der Waals surface area (Å²) in [4.78, 5) is 31.1.